The fourth-order valence-corrected chi connectivity index (χ4v) is 3.96. The smallest absolute Gasteiger partial charge is 0.245 e. The van der Waals surface area contributed by atoms with Crippen LogP contribution in [0.5, 0.6) is 0 Å². The zero-order chi connectivity index (χ0) is 19.9. The van der Waals surface area contributed by atoms with E-state index in [9.17, 15) is 4.79 Å². The molecule has 0 spiro atoms. The van der Waals surface area contributed by atoms with Gasteiger partial charge in [-0.15, -0.1) is 0 Å². The number of nitrogens with zero attached hydrogens (tertiary/aromatic N) is 4. The van der Waals surface area contributed by atoms with Crippen LogP contribution in [0.2, 0.25) is 0 Å². The molecule has 0 bridgehead atoms. The van der Waals surface area contributed by atoms with Gasteiger partial charge in [-0.05, 0) is 50.5 Å². The first-order valence-corrected chi connectivity index (χ1v) is 11.1. The Bertz CT molecular complexity index is 757. The van der Waals surface area contributed by atoms with Crippen LogP contribution < -0.4 is 10.2 Å². The average Bonchev–Trinajstić information content (AvgIpc) is 2.70. The van der Waals surface area contributed by atoms with Crippen LogP contribution in [-0.2, 0) is 4.79 Å². The summed E-state index contributed by atoms with van der Waals surface area (Å²) in [7, 11) is 0. The van der Waals surface area contributed by atoms with E-state index in [1.807, 2.05) is 30.9 Å². The summed E-state index contributed by atoms with van der Waals surface area (Å²) in [4.78, 5) is 26.4. The number of aryl methyl sites for hydroxylation is 2. The van der Waals surface area contributed by atoms with Crippen molar-refractivity contribution < 1.29 is 4.79 Å². The highest BCUT2D eigenvalue weighted by Gasteiger charge is 2.28. The molecular weight excluding hydrogens is 370 g/mol. The molecule has 2 heterocycles. The number of benzene rings is 1. The average molecular weight is 400 g/mol. The molecule has 1 aromatic carbocycles. The third-order valence-electron chi connectivity index (χ3n) is 4.91. The highest BCUT2D eigenvalue weighted by molar-refractivity contribution is 7.98. The number of anilines is 2. The van der Waals surface area contributed by atoms with Crippen molar-refractivity contribution in [1.29, 1.82) is 0 Å². The Hall–Kier alpha value is -2.28. The van der Waals surface area contributed by atoms with Gasteiger partial charge in [0, 0.05) is 43.3 Å². The number of nitrogens with one attached hydrogen (secondary N) is 1. The number of hydrogen-bond acceptors (Lipinski definition) is 6. The lowest BCUT2D eigenvalue weighted by Crippen LogP contribution is -2.53. The summed E-state index contributed by atoms with van der Waals surface area (Å²) in [5.41, 5.74) is 3.03. The molecule has 1 atom stereocenters. The van der Waals surface area contributed by atoms with Gasteiger partial charge in [0.1, 0.15) is 6.04 Å². The van der Waals surface area contributed by atoms with E-state index in [0.717, 1.165) is 49.7 Å². The first kappa shape index (κ1) is 20.5. The molecule has 6 nitrogen and oxygen atoms in total. The molecule has 1 fully saturated rings. The van der Waals surface area contributed by atoms with Crippen LogP contribution in [0, 0.1) is 13.8 Å². The van der Waals surface area contributed by atoms with Crippen LogP contribution in [0.15, 0.2) is 36.4 Å². The van der Waals surface area contributed by atoms with Gasteiger partial charge in [0.2, 0.25) is 11.9 Å². The Morgan fingerprint density at radius 3 is 2.36 bits per heavy atom. The molecule has 150 valence electrons. The topological polar surface area (TPSA) is 61.4 Å². The molecule has 0 unspecified atom stereocenters. The molecule has 2 aromatic rings. The quantitative estimate of drug-likeness (QED) is 0.772. The fourth-order valence-electron chi connectivity index (χ4n) is 3.48. The van der Waals surface area contributed by atoms with Gasteiger partial charge in [-0.2, -0.15) is 11.8 Å². The molecule has 1 saturated heterocycles. The second-order valence-corrected chi connectivity index (χ2v) is 8.09. The molecule has 1 aliphatic rings. The maximum absolute atomic E-state index is 13.2. The predicted molar refractivity (Wildman–Crippen MR) is 117 cm³/mol. The number of carbonyl (C=O) groups is 1. The Kier molecular flexibility index (Phi) is 7.14. The van der Waals surface area contributed by atoms with Gasteiger partial charge >= 0.3 is 0 Å². The standard InChI is InChI=1S/C21H29N5OS/c1-16-15-17(2)23-21(22-16)24-19(9-14-28-3)20(27)26-12-10-25(11-13-26)18-7-5-4-6-8-18/h4-8,15,19H,9-14H2,1-3H3,(H,22,23,24)/t19-/m1/s1. The van der Waals surface area contributed by atoms with Gasteiger partial charge in [-0.25, -0.2) is 9.97 Å². The second kappa shape index (κ2) is 9.78. The van der Waals surface area contributed by atoms with Crippen molar-refractivity contribution in [3.8, 4) is 0 Å². The third-order valence-corrected chi connectivity index (χ3v) is 5.55. The van der Waals surface area contributed by atoms with Crippen LogP contribution >= 0.6 is 11.8 Å². The maximum Gasteiger partial charge on any atom is 0.245 e. The monoisotopic (exact) mass is 399 g/mol. The molecule has 1 aromatic heterocycles. The number of amides is 1. The zero-order valence-electron chi connectivity index (χ0n) is 16.9. The predicted octanol–water partition coefficient (Wildman–Crippen LogP) is 2.98. The largest absolute Gasteiger partial charge is 0.368 e. The SMILES string of the molecule is CSCC[C@@H](Nc1nc(C)cc(C)n1)C(=O)N1CCN(c2ccccc2)CC1. The van der Waals surface area contributed by atoms with Crippen LogP contribution in [0.4, 0.5) is 11.6 Å². The van der Waals surface area contributed by atoms with Gasteiger partial charge in [-0.3, -0.25) is 4.79 Å². The summed E-state index contributed by atoms with van der Waals surface area (Å²) in [6, 6.07) is 12.0. The van der Waals surface area contributed by atoms with Crippen molar-refractivity contribution >= 4 is 29.3 Å². The summed E-state index contributed by atoms with van der Waals surface area (Å²) in [6.45, 7) is 7.07. The zero-order valence-corrected chi connectivity index (χ0v) is 17.7. The summed E-state index contributed by atoms with van der Waals surface area (Å²) in [6.07, 6.45) is 2.82. The van der Waals surface area contributed by atoms with Gasteiger partial charge in [-0.1, -0.05) is 18.2 Å². The minimum absolute atomic E-state index is 0.143. The molecule has 0 saturated carbocycles. The molecular formula is C21H29N5OS. The van der Waals surface area contributed by atoms with Gasteiger partial charge in [0.25, 0.3) is 0 Å². The van der Waals surface area contributed by atoms with Gasteiger partial charge in [0.05, 0.1) is 0 Å². The lowest BCUT2D eigenvalue weighted by atomic mass is 10.1. The number of para-hydroxylation sites is 1. The Morgan fingerprint density at radius 2 is 1.75 bits per heavy atom. The van der Waals surface area contributed by atoms with E-state index in [1.165, 1.54) is 5.69 Å². The van der Waals surface area contributed by atoms with Gasteiger partial charge in [0.15, 0.2) is 0 Å². The molecule has 28 heavy (non-hydrogen) atoms. The number of piperazine rings is 1. The number of rotatable bonds is 7. The van der Waals surface area contributed by atoms with E-state index in [4.69, 9.17) is 0 Å². The fraction of sp³-hybridized carbons (Fsp3) is 0.476. The van der Waals surface area contributed by atoms with Gasteiger partial charge < -0.3 is 15.1 Å². The van der Waals surface area contributed by atoms with E-state index in [-0.39, 0.29) is 11.9 Å². The van der Waals surface area contributed by atoms with Crippen molar-refractivity contribution in [2.24, 2.45) is 0 Å². The molecule has 7 heteroatoms. The molecule has 0 radical (unpaired) electrons. The summed E-state index contributed by atoms with van der Waals surface area (Å²) < 4.78 is 0. The number of hydrogen-bond donors (Lipinski definition) is 1. The lowest BCUT2D eigenvalue weighted by Gasteiger charge is -2.37. The van der Waals surface area contributed by atoms with Crippen molar-refractivity contribution in [2.45, 2.75) is 26.3 Å². The molecule has 1 aliphatic heterocycles. The van der Waals surface area contributed by atoms with E-state index in [0.29, 0.717) is 5.95 Å². The van der Waals surface area contributed by atoms with Crippen molar-refractivity contribution in [3.05, 3.63) is 47.8 Å². The highest BCUT2D eigenvalue weighted by Crippen LogP contribution is 2.17. The number of thioether (sulfide) groups is 1. The normalized spacial score (nSPS) is 15.4. The first-order valence-electron chi connectivity index (χ1n) is 9.73. The summed E-state index contributed by atoms with van der Waals surface area (Å²) in [5, 5.41) is 3.30. The van der Waals surface area contributed by atoms with E-state index in [1.54, 1.807) is 11.8 Å². The highest BCUT2D eigenvalue weighted by atomic mass is 32.2. The molecule has 0 aliphatic carbocycles. The first-order chi connectivity index (χ1) is 13.6. The Balaban J connectivity index is 1.64. The summed E-state index contributed by atoms with van der Waals surface area (Å²) in [5.74, 6) is 1.60. The number of aromatic nitrogens is 2. The van der Waals surface area contributed by atoms with Crippen molar-refractivity contribution in [1.82, 2.24) is 14.9 Å². The maximum atomic E-state index is 13.2. The molecule has 1 amide bonds. The van der Waals surface area contributed by atoms with E-state index >= 15 is 0 Å². The minimum Gasteiger partial charge on any atom is -0.368 e. The second-order valence-electron chi connectivity index (χ2n) is 7.10. The molecule has 3 rings (SSSR count). The Morgan fingerprint density at radius 1 is 1.11 bits per heavy atom. The van der Waals surface area contributed by atoms with Crippen molar-refractivity contribution in [3.63, 3.8) is 0 Å². The minimum atomic E-state index is -0.295. The van der Waals surface area contributed by atoms with Crippen LogP contribution in [-0.4, -0.2) is 65.0 Å². The lowest BCUT2D eigenvalue weighted by molar-refractivity contribution is -0.132. The Labute approximate surface area is 171 Å². The van der Waals surface area contributed by atoms with Crippen molar-refractivity contribution in [2.75, 3.05) is 48.4 Å². The van der Waals surface area contributed by atoms with Crippen LogP contribution in [0.25, 0.3) is 0 Å². The van der Waals surface area contributed by atoms with Crippen LogP contribution in [0.1, 0.15) is 17.8 Å². The van der Waals surface area contributed by atoms with E-state index in [2.05, 4.69) is 50.7 Å². The third kappa shape index (κ3) is 5.38. The van der Waals surface area contributed by atoms with E-state index < -0.39 is 0 Å². The summed E-state index contributed by atoms with van der Waals surface area (Å²) >= 11 is 1.75. The van der Waals surface area contributed by atoms with Crippen LogP contribution in [0.3, 0.4) is 0 Å². The molecule has 1 N–H and O–H groups in total. The number of carbonyl (C=O) groups excluding carboxylic acids is 1.